The second-order valence-corrected chi connectivity index (χ2v) is 7.99. The molecule has 144 valence electrons. The zero-order valence-electron chi connectivity index (χ0n) is 14.8. The van der Waals surface area contributed by atoms with Gasteiger partial charge < -0.3 is 24.8 Å². The number of carbonyl (C=O) groups is 2. The second kappa shape index (κ2) is 8.26. The van der Waals surface area contributed by atoms with E-state index >= 15 is 0 Å². The number of sulfone groups is 1. The van der Waals surface area contributed by atoms with E-state index in [1.807, 2.05) is 0 Å². The van der Waals surface area contributed by atoms with Crippen molar-refractivity contribution in [2.45, 2.75) is 12.5 Å². The molecule has 0 bridgehead atoms. The van der Waals surface area contributed by atoms with E-state index in [9.17, 15) is 18.0 Å². The molecule has 0 aliphatic carbocycles. The first kappa shape index (κ1) is 19.8. The molecule has 0 saturated carbocycles. The smallest absolute Gasteiger partial charge is 0.251 e. The third kappa shape index (κ3) is 4.78. The van der Waals surface area contributed by atoms with Crippen LogP contribution in [0.15, 0.2) is 12.1 Å². The van der Waals surface area contributed by atoms with Crippen molar-refractivity contribution in [1.29, 1.82) is 0 Å². The molecule has 1 saturated heterocycles. The third-order valence-corrected chi connectivity index (χ3v) is 5.70. The summed E-state index contributed by atoms with van der Waals surface area (Å²) < 4.78 is 38.3. The van der Waals surface area contributed by atoms with Gasteiger partial charge >= 0.3 is 0 Å². The summed E-state index contributed by atoms with van der Waals surface area (Å²) in [7, 11) is 1.24. The Kier molecular flexibility index (Phi) is 6.30. The number of hydrogen-bond acceptors (Lipinski definition) is 7. The Morgan fingerprint density at radius 1 is 1.12 bits per heavy atom. The molecule has 2 N–H and O–H groups in total. The highest BCUT2D eigenvalue weighted by atomic mass is 32.2. The first-order chi connectivity index (χ1) is 12.3. The van der Waals surface area contributed by atoms with E-state index in [2.05, 4.69) is 10.6 Å². The highest BCUT2D eigenvalue weighted by Gasteiger charge is 2.28. The molecule has 1 fully saturated rings. The van der Waals surface area contributed by atoms with Crippen LogP contribution in [0.3, 0.4) is 0 Å². The highest BCUT2D eigenvalue weighted by molar-refractivity contribution is 7.91. The van der Waals surface area contributed by atoms with E-state index in [1.165, 1.54) is 33.5 Å². The summed E-state index contributed by atoms with van der Waals surface area (Å²) in [5.41, 5.74) is 0.232. The third-order valence-electron chi connectivity index (χ3n) is 3.93. The molecule has 0 aromatic heterocycles. The largest absolute Gasteiger partial charge is 0.493 e. The predicted octanol–water partition coefficient (Wildman–Crippen LogP) is -0.254. The van der Waals surface area contributed by atoms with Crippen LogP contribution in [0.1, 0.15) is 16.8 Å². The number of rotatable bonds is 7. The Balaban J connectivity index is 1.98. The zero-order chi connectivity index (χ0) is 19.3. The summed E-state index contributed by atoms with van der Waals surface area (Å²) in [5, 5.41) is 5.08. The van der Waals surface area contributed by atoms with E-state index in [1.54, 1.807) is 0 Å². The monoisotopic (exact) mass is 386 g/mol. The van der Waals surface area contributed by atoms with Crippen molar-refractivity contribution in [3.8, 4) is 17.2 Å². The molecule has 0 radical (unpaired) electrons. The summed E-state index contributed by atoms with van der Waals surface area (Å²) in [6.45, 7) is -0.272. The molecular formula is C16H22N2O7S. The number of hydrogen-bond donors (Lipinski definition) is 2. The van der Waals surface area contributed by atoms with Crippen molar-refractivity contribution < 1.29 is 32.2 Å². The lowest BCUT2D eigenvalue weighted by Gasteiger charge is -2.14. The van der Waals surface area contributed by atoms with Crippen LogP contribution < -0.4 is 24.8 Å². The molecule has 1 aromatic carbocycles. The topological polar surface area (TPSA) is 120 Å². The molecule has 26 heavy (non-hydrogen) atoms. The number of ether oxygens (including phenoxy) is 3. The van der Waals surface area contributed by atoms with Crippen LogP contribution in [0.25, 0.3) is 0 Å². The number of amides is 2. The van der Waals surface area contributed by atoms with Crippen LogP contribution in [-0.2, 0) is 14.6 Å². The lowest BCUT2D eigenvalue weighted by molar-refractivity contribution is -0.120. The fourth-order valence-corrected chi connectivity index (χ4v) is 4.34. The molecule has 10 heteroatoms. The Hall–Kier alpha value is -2.49. The lowest BCUT2D eigenvalue weighted by atomic mass is 10.1. The number of carbonyl (C=O) groups excluding carboxylic acids is 2. The maximum atomic E-state index is 12.3. The minimum Gasteiger partial charge on any atom is -0.493 e. The van der Waals surface area contributed by atoms with E-state index in [0.29, 0.717) is 23.7 Å². The summed E-state index contributed by atoms with van der Waals surface area (Å²) >= 11 is 0. The van der Waals surface area contributed by atoms with Crippen molar-refractivity contribution in [3.63, 3.8) is 0 Å². The van der Waals surface area contributed by atoms with Crippen molar-refractivity contribution in [2.75, 3.05) is 39.4 Å². The molecule has 1 atom stereocenters. The molecule has 1 heterocycles. The first-order valence-corrected chi connectivity index (χ1v) is 9.69. The van der Waals surface area contributed by atoms with Crippen molar-refractivity contribution in [2.24, 2.45) is 0 Å². The van der Waals surface area contributed by atoms with Crippen molar-refractivity contribution >= 4 is 21.7 Å². The molecule has 1 unspecified atom stereocenters. The summed E-state index contributed by atoms with van der Waals surface area (Å²) in [4.78, 5) is 24.2. The Bertz CT molecular complexity index is 767. The minimum absolute atomic E-state index is 0.0652. The molecule has 0 spiro atoms. The van der Waals surface area contributed by atoms with E-state index in [4.69, 9.17) is 14.2 Å². The zero-order valence-corrected chi connectivity index (χ0v) is 15.6. The lowest BCUT2D eigenvalue weighted by Crippen LogP contribution is -2.42. The maximum Gasteiger partial charge on any atom is 0.251 e. The van der Waals surface area contributed by atoms with Gasteiger partial charge in [0.2, 0.25) is 11.7 Å². The quantitative estimate of drug-likeness (QED) is 0.663. The van der Waals surface area contributed by atoms with Crippen LogP contribution >= 0.6 is 0 Å². The van der Waals surface area contributed by atoms with Gasteiger partial charge in [-0.05, 0) is 18.6 Å². The molecule has 1 aliphatic heterocycles. The average Bonchev–Trinajstić information content (AvgIpc) is 2.96. The molecule has 2 rings (SSSR count). The van der Waals surface area contributed by atoms with E-state index in [-0.39, 0.29) is 23.6 Å². The molecule has 9 nitrogen and oxygen atoms in total. The van der Waals surface area contributed by atoms with Gasteiger partial charge in [0.25, 0.3) is 5.91 Å². The minimum atomic E-state index is -3.08. The second-order valence-electron chi connectivity index (χ2n) is 5.76. The average molecular weight is 386 g/mol. The van der Waals surface area contributed by atoms with Gasteiger partial charge in [-0.15, -0.1) is 0 Å². The van der Waals surface area contributed by atoms with Gasteiger partial charge in [-0.2, -0.15) is 0 Å². The van der Waals surface area contributed by atoms with E-state index < -0.39 is 27.7 Å². The summed E-state index contributed by atoms with van der Waals surface area (Å²) in [6, 6.07) is 2.53. The van der Waals surface area contributed by atoms with Gasteiger partial charge in [0.15, 0.2) is 21.3 Å². The van der Waals surface area contributed by atoms with Crippen LogP contribution in [0, 0.1) is 0 Å². The van der Waals surface area contributed by atoms with Crippen LogP contribution in [-0.4, -0.2) is 65.7 Å². The SMILES string of the molecule is COc1cc(C(=O)NCC(=O)NC2CCS(=O)(=O)C2)cc(OC)c1OC. The molecule has 1 aliphatic rings. The van der Waals surface area contributed by atoms with Crippen molar-refractivity contribution in [1.82, 2.24) is 10.6 Å². The van der Waals surface area contributed by atoms with E-state index in [0.717, 1.165) is 0 Å². The van der Waals surface area contributed by atoms with Gasteiger partial charge in [0, 0.05) is 11.6 Å². The van der Waals surface area contributed by atoms with Gasteiger partial charge in [-0.25, -0.2) is 8.42 Å². The Labute approximate surface area is 151 Å². The molecular weight excluding hydrogens is 364 g/mol. The van der Waals surface area contributed by atoms with Crippen molar-refractivity contribution in [3.05, 3.63) is 17.7 Å². The molecule has 1 aromatic rings. The number of benzene rings is 1. The fraction of sp³-hybridized carbons (Fsp3) is 0.500. The van der Waals surface area contributed by atoms with Crippen LogP contribution in [0.2, 0.25) is 0 Å². The normalized spacial score (nSPS) is 18.0. The Morgan fingerprint density at radius 3 is 2.19 bits per heavy atom. The number of methoxy groups -OCH3 is 3. The van der Waals surface area contributed by atoms with Gasteiger partial charge in [0.05, 0.1) is 39.4 Å². The number of nitrogens with one attached hydrogen (secondary N) is 2. The fourth-order valence-electron chi connectivity index (χ4n) is 2.66. The summed E-state index contributed by atoms with van der Waals surface area (Å²) in [6.07, 6.45) is 0.384. The van der Waals surface area contributed by atoms with Gasteiger partial charge in [0.1, 0.15) is 0 Å². The maximum absolute atomic E-state index is 12.3. The highest BCUT2D eigenvalue weighted by Crippen LogP contribution is 2.38. The standard InChI is InChI=1S/C16H22N2O7S/c1-23-12-6-10(7-13(24-2)15(12)25-3)16(20)17-8-14(19)18-11-4-5-26(21,22)9-11/h6-7,11H,4-5,8-9H2,1-3H3,(H,17,20)(H,18,19). The predicted molar refractivity (Wildman–Crippen MR) is 93.6 cm³/mol. The summed E-state index contributed by atoms with van der Waals surface area (Å²) in [5.74, 6) is 0.0308. The van der Waals surface area contributed by atoms with Gasteiger partial charge in [-0.1, -0.05) is 0 Å². The van der Waals surface area contributed by atoms with Gasteiger partial charge in [-0.3, -0.25) is 9.59 Å². The Morgan fingerprint density at radius 2 is 1.73 bits per heavy atom. The van der Waals surface area contributed by atoms with Crippen LogP contribution in [0.5, 0.6) is 17.2 Å². The molecule has 2 amide bonds. The van der Waals surface area contributed by atoms with Crippen LogP contribution in [0.4, 0.5) is 0 Å². The first-order valence-electron chi connectivity index (χ1n) is 7.87.